The normalized spacial score (nSPS) is 21.5. The van der Waals surface area contributed by atoms with Crippen LogP contribution in [0.5, 0.6) is 0 Å². The summed E-state index contributed by atoms with van der Waals surface area (Å²) in [7, 11) is -6.54. The molecule has 0 fully saturated rings. The third-order valence-electron chi connectivity index (χ3n) is 4.49. The van der Waals surface area contributed by atoms with E-state index in [4.69, 9.17) is 8.85 Å². The Bertz CT molecular complexity index is 1240. The molecular formula is C18H18N4O4S. The largest absolute Gasteiger partial charge is 0.382 e. The molecule has 3 aromatic rings. The molecule has 1 aliphatic rings. The van der Waals surface area contributed by atoms with Gasteiger partial charge in [0.25, 0.3) is 15.9 Å². The molecule has 1 atom stereocenters. The molecule has 8 nitrogen and oxygen atoms in total. The zero-order valence-electron chi connectivity index (χ0n) is 17.3. The number of hydrogen-bond acceptors (Lipinski definition) is 6. The Hall–Kier alpha value is -2.91. The zero-order valence-corrected chi connectivity index (χ0v) is 15.1. The fourth-order valence-electron chi connectivity index (χ4n) is 3.03. The van der Waals surface area contributed by atoms with E-state index in [0.29, 0.717) is 16.8 Å². The van der Waals surface area contributed by atoms with Gasteiger partial charge < -0.3 is 15.4 Å². The van der Waals surface area contributed by atoms with Crippen LogP contribution in [0.3, 0.4) is 0 Å². The lowest BCUT2D eigenvalue weighted by atomic mass is 9.98. The standard InChI is InChI=1S/C18H18N4O4S/c1-18(11-26-2)17(23)20-14-10-19-16-13(15(14)21-18)8-9-22(16)27(24,25)12-6-4-3-5-7-12/h3-10,21H,11H2,1-2H3,(H,20,23)/i2D3. The SMILES string of the molecule is [2H]C([2H])([2H])OCC1(C)Nc2c(cnc3c2ccn3S(=O)(=O)c2ccccc2)NC1=O. The minimum atomic E-state index is -3.88. The molecule has 0 aliphatic carbocycles. The van der Waals surface area contributed by atoms with Crippen LogP contribution in [0.4, 0.5) is 11.4 Å². The lowest BCUT2D eigenvalue weighted by Gasteiger charge is -2.35. The summed E-state index contributed by atoms with van der Waals surface area (Å²) >= 11 is 0. The highest BCUT2D eigenvalue weighted by atomic mass is 32.2. The van der Waals surface area contributed by atoms with E-state index in [2.05, 4.69) is 15.6 Å². The van der Waals surface area contributed by atoms with E-state index >= 15 is 0 Å². The predicted octanol–water partition coefficient (Wildman–Crippen LogP) is 2.04. The fourth-order valence-corrected chi connectivity index (χ4v) is 4.35. The van der Waals surface area contributed by atoms with Crippen LogP contribution in [0.15, 0.2) is 53.7 Å². The van der Waals surface area contributed by atoms with Crippen molar-refractivity contribution in [3.8, 4) is 0 Å². The lowest BCUT2D eigenvalue weighted by Crippen LogP contribution is -2.53. The predicted molar refractivity (Wildman–Crippen MR) is 101 cm³/mol. The number of amides is 1. The van der Waals surface area contributed by atoms with Gasteiger partial charge in [0, 0.05) is 18.6 Å². The maximum Gasteiger partial charge on any atom is 0.269 e. The van der Waals surface area contributed by atoms with Crippen LogP contribution in [0, 0.1) is 0 Å². The van der Waals surface area contributed by atoms with Crippen molar-refractivity contribution in [3.63, 3.8) is 0 Å². The topological polar surface area (TPSA) is 102 Å². The number of carbonyl (C=O) groups excluding carboxylic acids is 1. The van der Waals surface area contributed by atoms with Crippen LogP contribution >= 0.6 is 0 Å². The monoisotopic (exact) mass is 389 g/mol. The Kier molecular flexibility index (Phi) is 3.19. The first-order chi connectivity index (χ1) is 14.0. The maximum absolute atomic E-state index is 13.0. The summed E-state index contributed by atoms with van der Waals surface area (Å²) in [6, 6.07) is 9.51. The number of ether oxygens (including phenoxy) is 1. The van der Waals surface area contributed by atoms with Gasteiger partial charge >= 0.3 is 0 Å². The molecule has 1 aromatic carbocycles. The summed E-state index contributed by atoms with van der Waals surface area (Å²) in [5, 5.41) is 6.13. The van der Waals surface area contributed by atoms with Crippen molar-refractivity contribution in [3.05, 3.63) is 48.8 Å². The summed E-state index contributed by atoms with van der Waals surface area (Å²) in [6.07, 6.45) is 2.73. The highest BCUT2D eigenvalue weighted by Gasteiger charge is 2.39. The van der Waals surface area contributed by atoms with Gasteiger partial charge in [0.05, 0.1) is 33.2 Å². The average molecular weight is 389 g/mol. The molecule has 2 N–H and O–H groups in total. The highest BCUT2D eigenvalue weighted by molar-refractivity contribution is 7.90. The fraction of sp³-hybridized carbons (Fsp3) is 0.222. The van der Waals surface area contributed by atoms with Crippen LogP contribution in [-0.2, 0) is 19.6 Å². The zero-order chi connectivity index (χ0) is 21.7. The van der Waals surface area contributed by atoms with Crippen molar-refractivity contribution in [1.82, 2.24) is 8.96 Å². The average Bonchev–Trinajstić information content (AvgIpc) is 3.13. The van der Waals surface area contributed by atoms with E-state index in [1.165, 1.54) is 31.5 Å². The van der Waals surface area contributed by atoms with Gasteiger partial charge in [-0.3, -0.25) is 4.79 Å². The quantitative estimate of drug-likeness (QED) is 0.708. The Morgan fingerprint density at radius 2 is 2.07 bits per heavy atom. The molecule has 4 rings (SSSR count). The van der Waals surface area contributed by atoms with Crippen LogP contribution in [-0.4, -0.2) is 42.5 Å². The van der Waals surface area contributed by atoms with Gasteiger partial charge in [0.2, 0.25) is 0 Å². The molecule has 27 heavy (non-hydrogen) atoms. The molecule has 0 saturated heterocycles. The third-order valence-corrected chi connectivity index (χ3v) is 6.17. The van der Waals surface area contributed by atoms with Gasteiger partial charge in [-0.05, 0) is 25.1 Å². The van der Waals surface area contributed by atoms with Crippen molar-refractivity contribution in [2.75, 3.05) is 24.3 Å². The van der Waals surface area contributed by atoms with Crippen molar-refractivity contribution in [2.24, 2.45) is 0 Å². The number of anilines is 2. The molecule has 2 aromatic heterocycles. The van der Waals surface area contributed by atoms with Crippen molar-refractivity contribution < 1.29 is 22.1 Å². The number of carbonyl (C=O) groups is 1. The minimum absolute atomic E-state index is 0.110. The van der Waals surface area contributed by atoms with Crippen LogP contribution in [0.2, 0.25) is 0 Å². The maximum atomic E-state index is 13.0. The second kappa shape index (κ2) is 6.07. The molecule has 0 bridgehead atoms. The molecular weight excluding hydrogens is 368 g/mol. The number of methoxy groups -OCH3 is 1. The summed E-state index contributed by atoms with van der Waals surface area (Å²) in [4.78, 5) is 16.8. The number of nitrogens with one attached hydrogen (secondary N) is 2. The van der Waals surface area contributed by atoms with E-state index < -0.39 is 35.1 Å². The second-order valence-corrected chi connectivity index (χ2v) is 8.23. The first-order valence-electron chi connectivity index (χ1n) is 9.56. The Labute approximate surface area is 160 Å². The van der Waals surface area contributed by atoms with Gasteiger partial charge in [0.1, 0.15) is 5.54 Å². The minimum Gasteiger partial charge on any atom is -0.382 e. The molecule has 9 heteroatoms. The summed E-state index contributed by atoms with van der Waals surface area (Å²) in [6.45, 7) is 1.09. The Balaban J connectivity index is 1.78. The third kappa shape index (κ3) is 2.66. The molecule has 1 amide bonds. The van der Waals surface area contributed by atoms with Crippen molar-refractivity contribution >= 4 is 38.3 Å². The molecule has 0 radical (unpaired) electrons. The molecule has 1 unspecified atom stereocenters. The van der Waals surface area contributed by atoms with Gasteiger partial charge in [-0.1, -0.05) is 18.2 Å². The van der Waals surface area contributed by atoms with Gasteiger partial charge in [-0.15, -0.1) is 0 Å². The van der Waals surface area contributed by atoms with Crippen molar-refractivity contribution in [2.45, 2.75) is 17.4 Å². The number of benzene rings is 1. The number of rotatable bonds is 4. The first-order valence-corrected chi connectivity index (χ1v) is 9.50. The lowest BCUT2D eigenvalue weighted by molar-refractivity contribution is -0.121. The van der Waals surface area contributed by atoms with E-state index in [-0.39, 0.29) is 10.5 Å². The van der Waals surface area contributed by atoms with Crippen molar-refractivity contribution in [1.29, 1.82) is 0 Å². The smallest absolute Gasteiger partial charge is 0.269 e. The number of fused-ring (bicyclic) bond motifs is 3. The molecule has 140 valence electrons. The summed E-state index contributed by atoms with van der Waals surface area (Å²) in [5.41, 5.74) is -0.428. The number of pyridine rings is 1. The number of nitrogens with zero attached hydrogens (tertiary/aromatic N) is 2. The number of aromatic nitrogens is 2. The van der Waals surface area contributed by atoms with Crippen LogP contribution in [0.1, 0.15) is 11.0 Å². The highest BCUT2D eigenvalue weighted by Crippen LogP contribution is 2.37. The van der Waals surface area contributed by atoms with E-state index in [1.807, 2.05) is 0 Å². The van der Waals surface area contributed by atoms with Gasteiger partial charge in [-0.25, -0.2) is 17.4 Å². The Morgan fingerprint density at radius 3 is 2.81 bits per heavy atom. The van der Waals surface area contributed by atoms with Gasteiger partial charge in [0.15, 0.2) is 5.65 Å². The molecule has 3 heterocycles. The van der Waals surface area contributed by atoms with Gasteiger partial charge in [-0.2, -0.15) is 0 Å². The van der Waals surface area contributed by atoms with Crippen LogP contribution in [0.25, 0.3) is 11.0 Å². The molecule has 0 spiro atoms. The van der Waals surface area contributed by atoms with E-state index in [9.17, 15) is 13.2 Å². The molecule has 0 saturated carbocycles. The summed E-state index contributed by atoms with van der Waals surface area (Å²) < 4.78 is 53.6. The Morgan fingerprint density at radius 1 is 1.30 bits per heavy atom. The second-order valence-electron chi connectivity index (χ2n) is 6.41. The molecule has 1 aliphatic heterocycles. The number of hydrogen-bond donors (Lipinski definition) is 2. The summed E-state index contributed by atoms with van der Waals surface area (Å²) in [5.74, 6) is -0.489. The van der Waals surface area contributed by atoms with Crippen LogP contribution < -0.4 is 10.6 Å². The first kappa shape index (κ1) is 14.2. The van der Waals surface area contributed by atoms with E-state index in [0.717, 1.165) is 3.97 Å². The van der Waals surface area contributed by atoms with E-state index in [1.54, 1.807) is 24.3 Å².